The molecule has 5 heteroatoms. The van der Waals surface area contributed by atoms with E-state index >= 15 is 0 Å². The molecule has 0 aliphatic heterocycles. The Hall–Kier alpha value is -2.95. The Bertz CT molecular complexity index is 770. The molecule has 130 valence electrons. The normalized spacial score (nSPS) is 10.7. The maximum absolute atomic E-state index is 13.1. The average Bonchev–Trinajstić information content (AvgIpc) is 2.59. The van der Waals surface area contributed by atoms with E-state index in [-0.39, 0.29) is 18.4 Å². The van der Waals surface area contributed by atoms with E-state index in [4.69, 9.17) is 0 Å². The quantitative estimate of drug-likeness (QED) is 0.818. The lowest BCUT2D eigenvalue weighted by atomic mass is 10.1. The Labute approximate surface area is 147 Å². The standard InChI is InChI=1S/C20H21FN2O2/c1-3-15-7-9-16(10-8-15)11-12-20(25)23(2)14-19(24)22-18-6-4-5-17(21)13-18/h4-13H,3,14H2,1-2H3,(H,22,24)/b12-11+. The number of hydrogen-bond acceptors (Lipinski definition) is 2. The molecule has 0 atom stereocenters. The van der Waals surface area contributed by atoms with Gasteiger partial charge >= 0.3 is 0 Å². The second kappa shape index (κ2) is 8.78. The second-order valence-corrected chi connectivity index (χ2v) is 5.68. The Morgan fingerprint density at radius 3 is 2.52 bits per heavy atom. The summed E-state index contributed by atoms with van der Waals surface area (Å²) in [6, 6.07) is 13.5. The number of likely N-dealkylation sites (N-methyl/N-ethyl adjacent to an activating group) is 1. The van der Waals surface area contributed by atoms with Crippen LogP contribution in [0.2, 0.25) is 0 Å². The van der Waals surface area contributed by atoms with Crippen LogP contribution in [-0.4, -0.2) is 30.3 Å². The topological polar surface area (TPSA) is 49.4 Å². The predicted molar refractivity (Wildman–Crippen MR) is 97.5 cm³/mol. The van der Waals surface area contributed by atoms with Gasteiger partial charge in [0.1, 0.15) is 5.82 Å². The lowest BCUT2D eigenvalue weighted by Gasteiger charge is -2.14. The third-order valence-corrected chi connectivity index (χ3v) is 3.67. The van der Waals surface area contributed by atoms with Crippen molar-refractivity contribution in [1.82, 2.24) is 4.90 Å². The van der Waals surface area contributed by atoms with Gasteiger partial charge in [0.2, 0.25) is 11.8 Å². The molecule has 25 heavy (non-hydrogen) atoms. The van der Waals surface area contributed by atoms with Crippen LogP contribution >= 0.6 is 0 Å². The van der Waals surface area contributed by atoms with E-state index in [1.165, 1.54) is 41.8 Å². The molecule has 0 unspecified atom stereocenters. The van der Waals surface area contributed by atoms with Gasteiger partial charge in [-0.15, -0.1) is 0 Å². The molecule has 2 aromatic carbocycles. The fraction of sp³-hybridized carbons (Fsp3) is 0.200. The van der Waals surface area contributed by atoms with E-state index in [1.54, 1.807) is 12.1 Å². The first-order valence-electron chi connectivity index (χ1n) is 8.05. The van der Waals surface area contributed by atoms with Crippen molar-refractivity contribution in [1.29, 1.82) is 0 Å². The molecule has 4 nitrogen and oxygen atoms in total. The Morgan fingerprint density at radius 1 is 1.16 bits per heavy atom. The number of carbonyl (C=O) groups is 2. The van der Waals surface area contributed by atoms with Crippen LogP contribution in [0.15, 0.2) is 54.6 Å². The molecule has 2 aromatic rings. The summed E-state index contributed by atoms with van der Waals surface area (Å²) in [4.78, 5) is 25.3. The number of halogens is 1. The second-order valence-electron chi connectivity index (χ2n) is 5.68. The lowest BCUT2D eigenvalue weighted by molar-refractivity contribution is -0.129. The minimum absolute atomic E-state index is 0.117. The molecule has 0 radical (unpaired) electrons. The van der Waals surface area contributed by atoms with Crippen LogP contribution in [0.5, 0.6) is 0 Å². The summed E-state index contributed by atoms with van der Waals surface area (Å²) < 4.78 is 13.1. The average molecular weight is 340 g/mol. The minimum Gasteiger partial charge on any atom is -0.333 e. The van der Waals surface area contributed by atoms with E-state index in [1.807, 2.05) is 24.3 Å². The van der Waals surface area contributed by atoms with Gasteiger partial charge in [-0.25, -0.2) is 4.39 Å². The largest absolute Gasteiger partial charge is 0.333 e. The van der Waals surface area contributed by atoms with E-state index in [0.29, 0.717) is 5.69 Å². The number of rotatable bonds is 6. The van der Waals surface area contributed by atoms with Crippen LogP contribution < -0.4 is 5.32 Å². The molecule has 0 aliphatic rings. The van der Waals surface area contributed by atoms with E-state index < -0.39 is 5.82 Å². The third-order valence-electron chi connectivity index (χ3n) is 3.67. The van der Waals surface area contributed by atoms with Crippen molar-refractivity contribution in [3.05, 3.63) is 71.6 Å². The number of nitrogens with zero attached hydrogens (tertiary/aromatic N) is 1. The first kappa shape index (κ1) is 18.4. The van der Waals surface area contributed by atoms with Crippen molar-refractivity contribution in [2.45, 2.75) is 13.3 Å². The summed E-state index contributed by atoms with van der Waals surface area (Å²) in [7, 11) is 1.54. The van der Waals surface area contributed by atoms with Crippen molar-refractivity contribution in [2.24, 2.45) is 0 Å². The summed E-state index contributed by atoms with van der Waals surface area (Å²) >= 11 is 0. The maximum atomic E-state index is 13.1. The summed E-state index contributed by atoms with van der Waals surface area (Å²) in [5.74, 6) is -1.10. The van der Waals surface area contributed by atoms with Crippen LogP contribution in [0, 0.1) is 5.82 Å². The van der Waals surface area contributed by atoms with Gasteiger partial charge < -0.3 is 10.2 Å². The van der Waals surface area contributed by atoms with Crippen molar-refractivity contribution < 1.29 is 14.0 Å². The van der Waals surface area contributed by atoms with Gasteiger partial charge in [-0.2, -0.15) is 0 Å². The van der Waals surface area contributed by atoms with Gasteiger partial charge in [0.25, 0.3) is 0 Å². The fourth-order valence-electron chi connectivity index (χ4n) is 2.22. The highest BCUT2D eigenvalue weighted by Gasteiger charge is 2.11. The van der Waals surface area contributed by atoms with Crippen LogP contribution in [-0.2, 0) is 16.0 Å². The molecule has 0 saturated carbocycles. The zero-order valence-corrected chi connectivity index (χ0v) is 14.3. The Morgan fingerprint density at radius 2 is 1.88 bits per heavy atom. The SMILES string of the molecule is CCc1ccc(/C=C/C(=O)N(C)CC(=O)Nc2cccc(F)c2)cc1. The summed E-state index contributed by atoms with van der Waals surface area (Å²) in [5, 5.41) is 2.56. The molecular weight excluding hydrogens is 319 g/mol. The number of benzene rings is 2. The minimum atomic E-state index is -0.431. The molecule has 0 saturated heterocycles. The highest BCUT2D eigenvalue weighted by atomic mass is 19.1. The van der Waals surface area contributed by atoms with Gasteiger partial charge in [-0.1, -0.05) is 37.3 Å². The van der Waals surface area contributed by atoms with Gasteiger partial charge in [0.05, 0.1) is 6.54 Å². The molecule has 0 spiro atoms. The maximum Gasteiger partial charge on any atom is 0.246 e. The molecular formula is C20H21FN2O2. The number of amides is 2. The molecule has 0 fully saturated rings. The molecule has 0 aliphatic carbocycles. The number of nitrogens with one attached hydrogen (secondary N) is 1. The smallest absolute Gasteiger partial charge is 0.246 e. The van der Waals surface area contributed by atoms with Crippen molar-refractivity contribution >= 4 is 23.6 Å². The zero-order chi connectivity index (χ0) is 18.2. The van der Waals surface area contributed by atoms with Crippen molar-refractivity contribution in [3.63, 3.8) is 0 Å². The van der Waals surface area contributed by atoms with E-state index in [0.717, 1.165) is 12.0 Å². The van der Waals surface area contributed by atoms with Crippen molar-refractivity contribution in [3.8, 4) is 0 Å². The van der Waals surface area contributed by atoms with Crippen LogP contribution in [0.25, 0.3) is 6.08 Å². The Balaban J connectivity index is 1.88. The van der Waals surface area contributed by atoms with Crippen LogP contribution in [0.4, 0.5) is 10.1 Å². The number of carbonyl (C=O) groups excluding carboxylic acids is 2. The molecule has 0 heterocycles. The van der Waals surface area contributed by atoms with Crippen LogP contribution in [0.1, 0.15) is 18.1 Å². The van der Waals surface area contributed by atoms with Crippen molar-refractivity contribution in [2.75, 3.05) is 18.9 Å². The summed E-state index contributed by atoms with van der Waals surface area (Å²) in [6.45, 7) is 1.96. The Kier molecular flexibility index (Phi) is 6.46. The molecule has 2 amide bonds. The zero-order valence-electron chi connectivity index (χ0n) is 14.3. The molecule has 0 bridgehead atoms. The predicted octanol–water partition coefficient (Wildman–Crippen LogP) is 3.50. The first-order chi connectivity index (χ1) is 12.0. The van der Waals surface area contributed by atoms with Gasteiger partial charge in [-0.3, -0.25) is 9.59 Å². The highest BCUT2D eigenvalue weighted by Crippen LogP contribution is 2.09. The number of aryl methyl sites for hydroxylation is 1. The lowest BCUT2D eigenvalue weighted by Crippen LogP contribution is -2.33. The third kappa shape index (κ3) is 5.88. The number of hydrogen-bond donors (Lipinski definition) is 1. The number of anilines is 1. The van der Waals surface area contributed by atoms with Gasteiger partial charge in [0.15, 0.2) is 0 Å². The fourth-order valence-corrected chi connectivity index (χ4v) is 2.22. The van der Waals surface area contributed by atoms with Gasteiger partial charge in [0, 0.05) is 18.8 Å². The van der Waals surface area contributed by atoms with E-state index in [9.17, 15) is 14.0 Å². The molecule has 1 N–H and O–H groups in total. The highest BCUT2D eigenvalue weighted by molar-refractivity contribution is 5.97. The monoisotopic (exact) mass is 340 g/mol. The summed E-state index contributed by atoms with van der Waals surface area (Å²) in [5.41, 5.74) is 2.51. The molecule has 2 rings (SSSR count). The van der Waals surface area contributed by atoms with E-state index in [2.05, 4.69) is 12.2 Å². The summed E-state index contributed by atoms with van der Waals surface area (Å²) in [6.07, 6.45) is 4.10. The van der Waals surface area contributed by atoms with Crippen LogP contribution in [0.3, 0.4) is 0 Å². The molecule has 0 aromatic heterocycles. The van der Waals surface area contributed by atoms with Gasteiger partial charge in [-0.05, 0) is 41.8 Å². The first-order valence-corrected chi connectivity index (χ1v) is 8.05.